The van der Waals surface area contributed by atoms with Crippen molar-refractivity contribution in [3.63, 3.8) is 0 Å². The number of aromatic nitrogens is 2. The van der Waals surface area contributed by atoms with Crippen molar-refractivity contribution in [1.29, 1.82) is 0 Å². The second-order valence-corrected chi connectivity index (χ2v) is 9.70. The molecule has 0 spiro atoms. The molecule has 3 heterocycles. The molecule has 7 nitrogen and oxygen atoms in total. The Bertz CT molecular complexity index is 1290. The van der Waals surface area contributed by atoms with Crippen LogP contribution in [-0.4, -0.2) is 53.2 Å². The van der Waals surface area contributed by atoms with E-state index in [-0.39, 0.29) is 12.1 Å². The molecule has 2 aromatic heterocycles. The van der Waals surface area contributed by atoms with Crippen LogP contribution in [0.5, 0.6) is 5.75 Å². The molecule has 1 aliphatic heterocycles. The van der Waals surface area contributed by atoms with Gasteiger partial charge in [-0.1, -0.05) is 35.9 Å². The van der Waals surface area contributed by atoms with Crippen molar-refractivity contribution in [2.24, 2.45) is 0 Å². The second kappa shape index (κ2) is 10.5. The number of urea groups is 1. The van der Waals surface area contributed by atoms with Crippen molar-refractivity contribution in [2.45, 2.75) is 32.3 Å². The van der Waals surface area contributed by atoms with Gasteiger partial charge >= 0.3 is 6.03 Å². The SMILES string of the molecule is COc1cccc(NC(=O)N(CCc2csc3nc(-c4ccc(C)cc4)cn23)CC2CCCO2)c1. The number of aryl methyl sites for hydroxylation is 1. The first-order valence-corrected chi connectivity index (χ1v) is 12.8. The maximum absolute atomic E-state index is 13.2. The summed E-state index contributed by atoms with van der Waals surface area (Å²) in [7, 11) is 1.62. The molecule has 35 heavy (non-hydrogen) atoms. The molecule has 0 aliphatic carbocycles. The second-order valence-electron chi connectivity index (χ2n) is 8.86. The van der Waals surface area contributed by atoms with Gasteiger partial charge in [0.1, 0.15) is 5.75 Å². The number of hydrogen-bond acceptors (Lipinski definition) is 5. The summed E-state index contributed by atoms with van der Waals surface area (Å²) in [6.45, 7) is 4.00. The van der Waals surface area contributed by atoms with Gasteiger partial charge in [-0.05, 0) is 31.9 Å². The number of nitrogens with zero attached hydrogens (tertiary/aromatic N) is 3. The van der Waals surface area contributed by atoms with Crippen LogP contribution in [0, 0.1) is 6.92 Å². The van der Waals surface area contributed by atoms with Gasteiger partial charge in [-0.2, -0.15) is 0 Å². The molecule has 1 fully saturated rings. The fourth-order valence-electron chi connectivity index (χ4n) is 4.34. The number of benzene rings is 2. The summed E-state index contributed by atoms with van der Waals surface area (Å²) in [5, 5.41) is 5.15. The predicted molar refractivity (Wildman–Crippen MR) is 140 cm³/mol. The highest BCUT2D eigenvalue weighted by atomic mass is 32.1. The molecule has 5 rings (SSSR count). The lowest BCUT2D eigenvalue weighted by atomic mass is 10.1. The van der Waals surface area contributed by atoms with E-state index in [0.29, 0.717) is 24.5 Å². The van der Waals surface area contributed by atoms with Gasteiger partial charge in [0.15, 0.2) is 4.96 Å². The fraction of sp³-hybridized carbons (Fsp3) is 0.333. The molecule has 0 bridgehead atoms. The van der Waals surface area contributed by atoms with Gasteiger partial charge in [0.05, 0.1) is 18.9 Å². The Kier molecular flexibility index (Phi) is 7.01. The normalized spacial score (nSPS) is 15.4. The zero-order valence-corrected chi connectivity index (χ0v) is 20.9. The molecule has 182 valence electrons. The van der Waals surface area contributed by atoms with Crippen molar-refractivity contribution in [3.05, 3.63) is 71.4 Å². The molecule has 2 aromatic carbocycles. The Labute approximate surface area is 209 Å². The molecule has 0 radical (unpaired) electrons. The number of ether oxygens (including phenoxy) is 2. The third kappa shape index (κ3) is 5.49. The van der Waals surface area contributed by atoms with E-state index in [1.54, 1.807) is 18.4 Å². The fourth-order valence-corrected chi connectivity index (χ4v) is 5.24. The Morgan fingerprint density at radius 1 is 1.29 bits per heavy atom. The van der Waals surface area contributed by atoms with Crippen LogP contribution in [0.1, 0.15) is 24.1 Å². The van der Waals surface area contributed by atoms with Crippen LogP contribution in [0.25, 0.3) is 16.2 Å². The minimum absolute atomic E-state index is 0.0786. The van der Waals surface area contributed by atoms with E-state index in [2.05, 4.69) is 52.5 Å². The first-order valence-electron chi connectivity index (χ1n) is 11.9. The van der Waals surface area contributed by atoms with Gasteiger partial charge in [-0.15, -0.1) is 11.3 Å². The number of nitrogens with one attached hydrogen (secondary N) is 1. The summed E-state index contributed by atoms with van der Waals surface area (Å²) in [6.07, 6.45) is 4.91. The highest BCUT2D eigenvalue weighted by molar-refractivity contribution is 7.15. The van der Waals surface area contributed by atoms with Gasteiger partial charge in [-0.25, -0.2) is 9.78 Å². The van der Waals surface area contributed by atoms with Crippen molar-refractivity contribution in [2.75, 3.05) is 32.1 Å². The van der Waals surface area contributed by atoms with Crippen molar-refractivity contribution in [3.8, 4) is 17.0 Å². The smallest absolute Gasteiger partial charge is 0.321 e. The number of rotatable bonds is 8. The summed E-state index contributed by atoms with van der Waals surface area (Å²) >= 11 is 1.63. The number of imidazole rings is 1. The lowest BCUT2D eigenvalue weighted by molar-refractivity contribution is 0.0838. The van der Waals surface area contributed by atoms with Crippen LogP contribution in [-0.2, 0) is 11.2 Å². The lowest BCUT2D eigenvalue weighted by Crippen LogP contribution is -2.41. The van der Waals surface area contributed by atoms with Crippen LogP contribution in [0.3, 0.4) is 0 Å². The largest absolute Gasteiger partial charge is 0.497 e. The lowest BCUT2D eigenvalue weighted by Gasteiger charge is -2.26. The third-order valence-electron chi connectivity index (χ3n) is 6.32. The minimum Gasteiger partial charge on any atom is -0.497 e. The van der Waals surface area contributed by atoms with E-state index >= 15 is 0 Å². The molecular formula is C27H30N4O3S. The highest BCUT2D eigenvalue weighted by Crippen LogP contribution is 2.25. The van der Waals surface area contributed by atoms with Gasteiger partial charge in [0, 0.05) is 60.7 Å². The van der Waals surface area contributed by atoms with Crippen molar-refractivity contribution >= 4 is 28.0 Å². The Balaban J connectivity index is 1.31. The topological polar surface area (TPSA) is 68.1 Å². The summed E-state index contributed by atoms with van der Waals surface area (Å²) in [4.78, 5) is 20.9. The molecule has 8 heteroatoms. The Morgan fingerprint density at radius 3 is 2.91 bits per heavy atom. The summed E-state index contributed by atoms with van der Waals surface area (Å²) < 4.78 is 13.3. The first kappa shape index (κ1) is 23.4. The molecule has 1 N–H and O–H groups in total. The number of methoxy groups -OCH3 is 1. The van der Waals surface area contributed by atoms with Gasteiger partial charge in [-0.3, -0.25) is 4.40 Å². The summed E-state index contributed by atoms with van der Waals surface area (Å²) in [5.74, 6) is 0.707. The molecule has 1 saturated heterocycles. The standard InChI is InChI=1S/C27H30N4O3S/c1-19-8-10-20(11-9-19)25-17-31-22(18-35-27(31)29-25)12-13-30(16-24-7-4-14-34-24)26(32)28-21-5-3-6-23(15-21)33-2/h3,5-6,8-11,15,17-18,24H,4,7,12-14,16H2,1-2H3,(H,28,32). The molecule has 0 saturated carbocycles. The number of amides is 2. The van der Waals surface area contributed by atoms with E-state index in [1.165, 1.54) is 5.56 Å². The van der Waals surface area contributed by atoms with E-state index in [9.17, 15) is 4.79 Å². The van der Waals surface area contributed by atoms with Gasteiger partial charge in [0.25, 0.3) is 0 Å². The zero-order chi connectivity index (χ0) is 24.2. The third-order valence-corrected chi connectivity index (χ3v) is 7.21. The van der Waals surface area contributed by atoms with E-state index in [4.69, 9.17) is 14.5 Å². The molecule has 2 amide bonds. The number of carbonyl (C=O) groups excluding carboxylic acids is 1. The first-order chi connectivity index (χ1) is 17.1. The van der Waals surface area contributed by atoms with Gasteiger partial charge < -0.3 is 19.7 Å². The average molecular weight is 491 g/mol. The van der Waals surface area contributed by atoms with Crippen LogP contribution in [0.2, 0.25) is 0 Å². The quantitative estimate of drug-likeness (QED) is 0.347. The molecule has 1 unspecified atom stereocenters. The van der Waals surface area contributed by atoms with E-state index in [1.807, 2.05) is 29.2 Å². The summed E-state index contributed by atoms with van der Waals surface area (Å²) in [6, 6.07) is 15.7. The predicted octanol–water partition coefficient (Wildman–Crippen LogP) is 5.64. The molecule has 1 aliphatic rings. The van der Waals surface area contributed by atoms with Crippen molar-refractivity contribution in [1.82, 2.24) is 14.3 Å². The minimum atomic E-state index is -0.133. The van der Waals surface area contributed by atoms with Crippen LogP contribution < -0.4 is 10.1 Å². The Hall–Kier alpha value is -3.36. The number of thiazole rings is 1. The van der Waals surface area contributed by atoms with E-state index < -0.39 is 0 Å². The summed E-state index contributed by atoms with van der Waals surface area (Å²) in [5.41, 5.74) is 5.15. The maximum Gasteiger partial charge on any atom is 0.321 e. The Morgan fingerprint density at radius 2 is 2.14 bits per heavy atom. The number of fused-ring (bicyclic) bond motifs is 1. The molecule has 4 aromatic rings. The highest BCUT2D eigenvalue weighted by Gasteiger charge is 2.23. The number of anilines is 1. The molecule has 1 atom stereocenters. The number of hydrogen-bond donors (Lipinski definition) is 1. The zero-order valence-electron chi connectivity index (χ0n) is 20.1. The number of carbonyl (C=O) groups is 1. The van der Waals surface area contributed by atoms with Gasteiger partial charge in [0.2, 0.25) is 0 Å². The van der Waals surface area contributed by atoms with Crippen LogP contribution >= 0.6 is 11.3 Å². The van der Waals surface area contributed by atoms with Crippen molar-refractivity contribution < 1.29 is 14.3 Å². The average Bonchev–Trinajstić information content (AvgIpc) is 3.61. The van der Waals surface area contributed by atoms with Crippen LogP contribution in [0.15, 0.2) is 60.1 Å². The maximum atomic E-state index is 13.2. The van der Waals surface area contributed by atoms with E-state index in [0.717, 1.165) is 47.8 Å². The molecular weight excluding hydrogens is 460 g/mol. The van der Waals surface area contributed by atoms with Crippen LogP contribution in [0.4, 0.5) is 10.5 Å². The monoisotopic (exact) mass is 490 g/mol.